The summed E-state index contributed by atoms with van der Waals surface area (Å²) in [6.45, 7) is 0.0231. The summed E-state index contributed by atoms with van der Waals surface area (Å²) in [5, 5.41) is 0. The molecule has 0 bridgehead atoms. The quantitative estimate of drug-likeness (QED) is 0.803. The fraction of sp³-hybridized carbons (Fsp3) is 0.200. The average molecular weight is 374 g/mol. The molecule has 0 amide bonds. The highest BCUT2D eigenvalue weighted by atomic mass is 32.2. The van der Waals surface area contributed by atoms with Crippen molar-refractivity contribution in [3.05, 3.63) is 47.5 Å². The molecule has 0 radical (unpaired) electrons. The van der Waals surface area contributed by atoms with Crippen molar-refractivity contribution in [1.82, 2.24) is 4.72 Å². The maximum Gasteiger partial charge on any atom is 0.418 e. The van der Waals surface area contributed by atoms with E-state index in [1.165, 1.54) is 0 Å². The van der Waals surface area contributed by atoms with Crippen LogP contribution < -0.4 is 19.9 Å². The molecule has 0 saturated heterocycles. The molecule has 2 aromatic carbocycles. The standard InChI is InChI=1S/C15H13F3N2O4S/c16-15(17,18)11-3-2-10(6-12(11)19)25(21,22)20-7-9-1-4-13-14(5-9)24-8-23-13/h1-6,20H,7-8,19H2. The topological polar surface area (TPSA) is 90.7 Å². The Labute approximate surface area is 141 Å². The highest BCUT2D eigenvalue weighted by molar-refractivity contribution is 7.89. The summed E-state index contributed by atoms with van der Waals surface area (Å²) >= 11 is 0. The summed E-state index contributed by atoms with van der Waals surface area (Å²) in [6.07, 6.45) is -4.65. The van der Waals surface area contributed by atoms with Gasteiger partial charge in [-0.05, 0) is 35.9 Å². The highest BCUT2D eigenvalue weighted by Gasteiger charge is 2.33. The molecule has 0 aromatic heterocycles. The Morgan fingerprint density at radius 2 is 1.80 bits per heavy atom. The number of ether oxygens (including phenoxy) is 2. The van der Waals surface area contributed by atoms with Gasteiger partial charge < -0.3 is 15.2 Å². The van der Waals surface area contributed by atoms with Crippen molar-refractivity contribution in [1.29, 1.82) is 0 Å². The van der Waals surface area contributed by atoms with Crippen LogP contribution in [0.4, 0.5) is 18.9 Å². The van der Waals surface area contributed by atoms with Gasteiger partial charge in [-0.1, -0.05) is 6.07 Å². The largest absolute Gasteiger partial charge is 0.454 e. The lowest BCUT2D eigenvalue weighted by Crippen LogP contribution is -2.23. The molecule has 1 aliphatic heterocycles. The van der Waals surface area contributed by atoms with Crippen LogP contribution in [0.15, 0.2) is 41.3 Å². The predicted molar refractivity (Wildman–Crippen MR) is 82.4 cm³/mol. The Bertz CT molecular complexity index is 913. The van der Waals surface area contributed by atoms with E-state index in [1.807, 2.05) is 0 Å². The van der Waals surface area contributed by atoms with E-state index in [4.69, 9.17) is 15.2 Å². The molecule has 25 heavy (non-hydrogen) atoms. The number of anilines is 1. The molecular formula is C15H13F3N2O4S. The van der Waals surface area contributed by atoms with Crippen molar-refractivity contribution >= 4 is 15.7 Å². The number of nitrogen functional groups attached to an aromatic ring is 1. The Hall–Kier alpha value is -2.46. The maximum atomic E-state index is 12.7. The zero-order valence-electron chi connectivity index (χ0n) is 12.6. The molecule has 0 spiro atoms. The lowest BCUT2D eigenvalue weighted by molar-refractivity contribution is -0.136. The smallest absolute Gasteiger partial charge is 0.418 e. The molecule has 0 aliphatic carbocycles. The van der Waals surface area contributed by atoms with E-state index in [9.17, 15) is 21.6 Å². The van der Waals surface area contributed by atoms with Crippen LogP contribution in [0, 0.1) is 0 Å². The Morgan fingerprint density at radius 1 is 1.08 bits per heavy atom. The molecule has 0 fully saturated rings. The van der Waals surface area contributed by atoms with Gasteiger partial charge in [0.05, 0.1) is 10.5 Å². The van der Waals surface area contributed by atoms with Crippen molar-refractivity contribution < 1.29 is 31.1 Å². The normalized spacial score (nSPS) is 13.9. The van der Waals surface area contributed by atoms with Gasteiger partial charge in [-0.15, -0.1) is 0 Å². The molecule has 3 N–H and O–H groups in total. The summed E-state index contributed by atoms with van der Waals surface area (Å²) in [7, 11) is -4.03. The Kier molecular flexibility index (Phi) is 4.25. The first-order chi connectivity index (χ1) is 11.7. The van der Waals surface area contributed by atoms with Crippen LogP contribution in [0.25, 0.3) is 0 Å². The summed E-state index contributed by atoms with van der Waals surface area (Å²) in [6, 6.07) is 7.20. The molecular weight excluding hydrogens is 361 g/mol. The summed E-state index contributed by atoms with van der Waals surface area (Å²) in [5.74, 6) is 1.05. The Balaban J connectivity index is 1.77. The molecule has 0 atom stereocenters. The number of sulfonamides is 1. The fourth-order valence-corrected chi connectivity index (χ4v) is 3.33. The Morgan fingerprint density at radius 3 is 2.48 bits per heavy atom. The van der Waals surface area contributed by atoms with Crippen molar-refractivity contribution in [2.45, 2.75) is 17.6 Å². The monoisotopic (exact) mass is 374 g/mol. The number of alkyl halides is 3. The second-order valence-corrected chi connectivity index (χ2v) is 7.03. The van der Waals surface area contributed by atoms with Gasteiger partial charge in [0.25, 0.3) is 0 Å². The number of hydrogen-bond acceptors (Lipinski definition) is 5. The van der Waals surface area contributed by atoms with E-state index < -0.39 is 27.5 Å². The van der Waals surface area contributed by atoms with Crippen molar-refractivity contribution in [3.63, 3.8) is 0 Å². The molecule has 1 aliphatic rings. The van der Waals surface area contributed by atoms with Crippen molar-refractivity contribution in [2.24, 2.45) is 0 Å². The van der Waals surface area contributed by atoms with E-state index in [0.717, 1.165) is 12.1 Å². The van der Waals surface area contributed by atoms with Crippen LogP contribution in [0.1, 0.15) is 11.1 Å². The van der Waals surface area contributed by atoms with Crippen LogP contribution in [0.2, 0.25) is 0 Å². The number of nitrogens with two attached hydrogens (primary N) is 1. The first-order valence-electron chi connectivity index (χ1n) is 7.02. The van der Waals surface area contributed by atoms with Gasteiger partial charge in [0, 0.05) is 12.2 Å². The highest BCUT2D eigenvalue weighted by Crippen LogP contribution is 2.35. The number of hydrogen-bond donors (Lipinski definition) is 2. The molecule has 3 rings (SSSR count). The van der Waals surface area contributed by atoms with Crippen LogP contribution in [0.3, 0.4) is 0 Å². The fourth-order valence-electron chi connectivity index (χ4n) is 2.28. The molecule has 6 nitrogen and oxygen atoms in total. The van der Waals surface area contributed by atoms with E-state index in [2.05, 4.69) is 4.72 Å². The zero-order valence-corrected chi connectivity index (χ0v) is 13.4. The molecule has 0 saturated carbocycles. The lowest BCUT2D eigenvalue weighted by Gasteiger charge is -2.12. The second-order valence-electron chi connectivity index (χ2n) is 5.26. The van der Waals surface area contributed by atoms with Crippen molar-refractivity contribution in [2.75, 3.05) is 12.5 Å². The third-order valence-corrected chi connectivity index (χ3v) is 4.94. The third-order valence-electron chi connectivity index (χ3n) is 3.54. The van der Waals surface area contributed by atoms with Crippen LogP contribution in [-0.2, 0) is 22.7 Å². The van der Waals surface area contributed by atoms with Gasteiger partial charge in [-0.3, -0.25) is 0 Å². The van der Waals surface area contributed by atoms with Gasteiger partial charge in [0.2, 0.25) is 16.8 Å². The van der Waals surface area contributed by atoms with Crippen LogP contribution >= 0.6 is 0 Å². The lowest BCUT2D eigenvalue weighted by atomic mass is 10.2. The SMILES string of the molecule is Nc1cc(S(=O)(=O)NCc2ccc3c(c2)OCO3)ccc1C(F)(F)F. The van der Waals surface area contributed by atoms with Crippen LogP contribution in [0.5, 0.6) is 11.5 Å². The first kappa shape index (κ1) is 17.4. The van der Waals surface area contributed by atoms with Gasteiger partial charge in [0.1, 0.15) is 0 Å². The second kappa shape index (κ2) is 6.12. The minimum absolute atomic E-state index is 0.0695. The van der Waals surface area contributed by atoms with Crippen molar-refractivity contribution in [3.8, 4) is 11.5 Å². The van der Waals surface area contributed by atoms with Crippen LogP contribution in [-0.4, -0.2) is 15.2 Å². The molecule has 10 heteroatoms. The zero-order chi connectivity index (χ0) is 18.2. The minimum atomic E-state index is -4.65. The minimum Gasteiger partial charge on any atom is -0.454 e. The number of fused-ring (bicyclic) bond motifs is 1. The van der Waals surface area contributed by atoms with E-state index in [-0.39, 0.29) is 18.2 Å². The van der Waals surface area contributed by atoms with E-state index in [1.54, 1.807) is 18.2 Å². The summed E-state index contributed by atoms with van der Waals surface area (Å²) in [4.78, 5) is -0.348. The molecule has 1 heterocycles. The molecule has 134 valence electrons. The summed E-state index contributed by atoms with van der Waals surface area (Å²) in [5.41, 5.74) is 4.20. The molecule has 0 unspecified atom stereocenters. The predicted octanol–water partition coefficient (Wildman–Crippen LogP) is 2.49. The molecule has 2 aromatic rings. The van der Waals surface area contributed by atoms with Gasteiger partial charge in [0.15, 0.2) is 11.5 Å². The number of benzene rings is 2. The van der Waals surface area contributed by atoms with Gasteiger partial charge >= 0.3 is 6.18 Å². The number of nitrogens with one attached hydrogen (secondary N) is 1. The summed E-state index contributed by atoms with van der Waals surface area (Å²) < 4.78 is 75.2. The maximum absolute atomic E-state index is 12.7. The van der Waals surface area contributed by atoms with E-state index >= 15 is 0 Å². The first-order valence-corrected chi connectivity index (χ1v) is 8.50. The number of rotatable bonds is 4. The third kappa shape index (κ3) is 3.64. The average Bonchev–Trinajstić information content (AvgIpc) is 2.99. The van der Waals surface area contributed by atoms with Gasteiger partial charge in [-0.2, -0.15) is 13.2 Å². The van der Waals surface area contributed by atoms with E-state index in [0.29, 0.717) is 23.1 Å². The van der Waals surface area contributed by atoms with Gasteiger partial charge in [-0.25, -0.2) is 13.1 Å². The number of halogens is 3.